The highest BCUT2D eigenvalue weighted by Gasteiger charge is 2.38. The topological polar surface area (TPSA) is 0 Å². The third-order valence-corrected chi connectivity index (χ3v) is 6.56. The predicted octanol–water partition coefficient (Wildman–Crippen LogP) is 10.8. The van der Waals surface area contributed by atoms with Crippen molar-refractivity contribution in [3.63, 3.8) is 0 Å². The second kappa shape index (κ2) is 12.2. The van der Waals surface area contributed by atoms with Crippen LogP contribution in [0.3, 0.4) is 0 Å². The van der Waals surface area contributed by atoms with Crippen molar-refractivity contribution in [2.75, 3.05) is 0 Å². The molecule has 9 heteroatoms. The first-order valence-electron chi connectivity index (χ1n) is 12.7. The van der Waals surface area contributed by atoms with Crippen molar-refractivity contribution in [3.8, 4) is 22.3 Å². The second-order valence-corrected chi connectivity index (χ2v) is 9.49. The van der Waals surface area contributed by atoms with Crippen molar-refractivity contribution in [1.29, 1.82) is 0 Å². The van der Waals surface area contributed by atoms with Crippen molar-refractivity contribution in [1.82, 2.24) is 0 Å². The molecule has 0 heterocycles. The molecule has 0 aliphatic heterocycles. The van der Waals surface area contributed by atoms with Gasteiger partial charge in [0.25, 0.3) is 0 Å². The van der Waals surface area contributed by atoms with Gasteiger partial charge in [0.1, 0.15) is 34.7 Å². The quantitative estimate of drug-likeness (QED) is 0.183. The molecule has 0 fully saturated rings. The van der Waals surface area contributed by atoms with Gasteiger partial charge in [-0.15, -0.1) is 0 Å². The minimum atomic E-state index is -5.31. The van der Waals surface area contributed by atoms with Crippen molar-refractivity contribution in [3.05, 3.63) is 124 Å². The number of hydrogen-bond acceptors (Lipinski definition) is 0. The summed E-state index contributed by atoms with van der Waals surface area (Å²) in [6, 6.07) is 15.5. The van der Waals surface area contributed by atoms with Gasteiger partial charge in [0, 0.05) is 12.0 Å². The van der Waals surface area contributed by atoms with Crippen LogP contribution in [-0.2, 0) is 19.0 Å². The van der Waals surface area contributed by atoms with Crippen molar-refractivity contribution in [2.45, 2.75) is 38.8 Å². The van der Waals surface area contributed by atoms with Crippen LogP contribution in [0, 0.1) is 23.3 Å². The molecule has 41 heavy (non-hydrogen) atoms. The van der Waals surface area contributed by atoms with E-state index in [4.69, 9.17) is 0 Å². The van der Waals surface area contributed by atoms with Gasteiger partial charge < -0.3 is 0 Å². The van der Waals surface area contributed by atoms with Crippen LogP contribution in [0.25, 0.3) is 28.1 Å². The van der Waals surface area contributed by atoms with Gasteiger partial charge >= 0.3 is 6.18 Å². The molecule has 0 atom stereocenters. The molecule has 4 rings (SSSR count). The molecular formula is C32H23F9. The monoisotopic (exact) mass is 578 g/mol. The van der Waals surface area contributed by atoms with Crippen molar-refractivity contribution >= 4 is 5.83 Å². The highest BCUT2D eigenvalue weighted by atomic mass is 19.4. The fourth-order valence-electron chi connectivity index (χ4n) is 4.46. The smallest absolute Gasteiger partial charge is 0.209 e. The lowest BCUT2D eigenvalue weighted by molar-refractivity contribution is -0.142. The molecule has 0 saturated heterocycles. The van der Waals surface area contributed by atoms with Gasteiger partial charge in [-0.25, -0.2) is 26.3 Å². The van der Waals surface area contributed by atoms with E-state index in [9.17, 15) is 39.5 Å². The van der Waals surface area contributed by atoms with Crippen LogP contribution in [0.15, 0.2) is 78.6 Å². The first-order chi connectivity index (χ1) is 19.4. The number of aryl methyl sites for hydroxylation is 2. The minimum Gasteiger partial charge on any atom is -0.209 e. The molecular weight excluding hydrogens is 555 g/mol. The Bertz CT molecular complexity index is 1520. The number of halogens is 9. The number of allylic oxidation sites excluding steroid dienone is 1. The van der Waals surface area contributed by atoms with E-state index in [-0.39, 0.29) is 29.7 Å². The molecule has 0 aromatic heterocycles. The Labute approximate surface area is 230 Å². The molecule has 4 aromatic carbocycles. The maximum atomic E-state index is 14.9. The number of rotatable bonds is 8. The summed E-state index contributed by atoms with van der Waals surface area (Å²) in [4.78, 5) is 0. The van der Waals surface area contributed by atoms with E-state index in [0.717, 1.165) is 23.3 Å². The van der Waals surface area contributed by atoms with E-state index < -0.39 is 57.8 Å². The molecule has 0 amide bonds. The maximum absolute atomic E-state index is 14.9. The Morgan fingerprint density at radius 2 is 1.07 bits per heavy atom. The first-order valence-corrected chi connectivity index (χ1v) is 12.7. The largest absolute Gasteiger partial charge is 0.422 e. The predicted molar refractivity (Wildman–Crippen MR) is 140 cm³/mol. The van der Waals surface area contributed by atoms with E-state index in [1.54, 1.807) is 43.3 Å². The van der Waals surface area contributed by atoms with Gasteiger partial charge in [-0.2, -0.15) is 13.2 Å². The van der Waals surface area contributed by atoms with Crippen LogP contribution >= 0.6 is 0 Å². The Balaban J connectivity index is 1.48. The van der Waals surface area contributed by atoms with Gasteiger partial charge in [-0.1, -0.05) is 55.5 Å². The van der Waals surface area contributed by atoms with Crippen molar-refractivity contribution in [2.24, 2.45) is 0 Å². The summed E-state index contributed by atoms with van der Waals surface area (Å²) >= 11 is 0. The van der Waals surface area contributed by atoms with E-state index in [1.807, 2.05) is 0 Å². The molecule has 0 spiro atoms. The Hall–Kier alpha value is -4.01. The summed E-state index contributed by atoms with van der Waals surface area (Å²) in [5.74, 6) is -8.01. The van der Waals surface area contributed by atoms with Crippen LogP contribution < -0.4 is 0 Å². The third-order valence-electron chi connectivity index (χ3n) is 6.56. The summed E-state index contributed by atoms with van der Waals surface area (Å²) in [6.45, 7) is 1.76. The summed E-state index contributed by atoms with van der Waals surface area (Å²) in [7, 11) is 0. The average molecular weight is 579 g/mol. The van der Waals surface area contributed by atoms with Crippen molar-refractivity contribution < 1.29 is 39.5 Å². The van der Waals surface area contributed by atoms with Crippen LogP contribution in [-0.4, -0.2) is 0 Å². The summed E-state index contributed by atoms with van der Waals surface area (Å²) in [6.07, 6.45) is -3.59. The summed E-state index contributed by atoms with van der Waals surface area (Å²) < 4.78 is 124. The number of hydrogen-bond donors (Lipinski definition) is 0. The molecule has 0 nitrogen and oxygen atoms in total. The zero-order valence-electron chi connectivity index (χ0n) is 21.7. The Morgan fingerprint density at radius 1 is 0.610 bits per heavy atom. The molecule has 0 aliphatic rings. The third kappa shape index (κ3) is 6.84. The molecule has 0 aliphatic carbocycles. The lowest BCUT2D eigenvalue weighted by atomic mass is 9.96. The number of alkyl halides is 3. The Morgan fingerprint density at radius 3 is 1.54 bits per heavy atom. The summed E-state index contributed by atoms with van der Waals surface area (Å²) in [5, 5.41) is 0. The molecule has 0 N–H and O–H groups in total. The van der Waals surface area contributed by atoms with Gasteiger partial charge in [0.2, 0.25) is 0 Å². The molecule has 214 valence electrons. The first kappa shape index (κ1) is 30.0. The van der Waals surface area contributed by atoms with E-state index in [2.05, 4.69) is 0 Å². The fraction of sp³-hybridized carbons (Fsp3) is 0.188. The lowest BCUT2D eigenvalue weighted by Crippen LogP contribution is -2.11. The van der Waals surface area contributed by atoms with E-state index in [0.29, 0.717) is 24.8 Å². The fourth-order valence-corrected chi connectivity index (χ4v) is 4.46. The lowest BCUT2D eigenvalue weighted by Gasteiger charge is -2.13. The van der Waals surface area contributed by atoms with Gasteiger partial charge in [-0.3, -0.25) is 0 Å². The van der Waals surface area contributed by atoms with E-state index in [1.165, 1.54) is 12.1 Å². The molecule has 0 unspecified atom stereocenters. The molecule has 0 radical (unpaired) electrons. The van der Waals surface area contributed by atoms with Gasteiger partial charge in [0.05, 0.1) is 5.56 Å². The minimum absolute atomic E-state index is 0.0339. The standard InChI is InChI=1S/C32H23F9/c1-2-3-24(33)31(38)21-12-8-19(9-13-21)5-4-18-6-10-20(11-7-18)22-14-25(34)29(26(35)15-22)23-16-27(36)30(28(37)17-23)32(39,40)41/h6-17H,2-5H2,1H3/b31-24+. The number of benzene rings is 4. The Kier molecular flexibility index (Phi) is 8.95. The zero-order valence-corrected chi connectivity index (χ0v) is 21.7. The molecule has 0 saturated carbocycles. The van der Waals surface area contributed by atoms with E-state index >= 15 is 0 Å². The molecule has 0 bridgehead atoms. The maximum Gasteiger partial charge on any atom is 0.422 e. The highest BCUT2D eigenvalue weighted by Crippen LogP contribution is 2.38. The van der Waals surface area contributed by atoms with Crippen LogP contribution in [0.4, 0.5) is 39.5 Å². The van der Waals surface area contributed by atoms with Crippen LogP contribution in [0.2, 0.25) is 0 Å². The highest BCUT2D eigenvalue weighted by molar-refractivity contribution is 5.72. The summed E-state index contributed by atoms with van der Waals surface area (Å²) in [5.41, 5.74) is -1.19. The van der Waals surface area contributed by atoms with Crippen LogP contribution in [0.5, 0.6) is 0 Å². The van der Waals surface area contributed by atoms with Crippen LogP contribution in [0.1, 0.15) is 42.0 Å². The SMILES string of the molecule is CCC/C(F)=C(\F)c1ccc(CCc2ccc(-c3cc(F)c(-c4cc(F)c(C(F)(F)F)c(F)c4)c(F)c3)cc2)cc1. The average Bonchev–Trinajstić information content (AvgIpc) is 2.90. The molecule has 4 aromatic rings. The normalized spacial score (nSPS) is 12.4. The second-order valence-electron chi connectivity index (χ2n) is 9.49. The van der Waals surface area contributed by atoms with Gasteiger partial charge in [0.15, 0.2) is 5.83 Å². The zero-order chi connectivity index (χ0) is 29.9. The van der Waals surface area contributed by atoms with Gasteiger partial charge in [-0.05, 0) is 71.3 Å².